The van der Waals surface area contributed by atoms with Gasteiger partial charge >= 0.3 is 0 Å². The molecule has 108 valence electrons. The molecule has 1 aliphatic rings. The Balaban J connectivity index is 1.61. The number of nitrogens with zero attached hydrogens (tertiary/aromatic N) is 3. The molecule has 0 saturated heterocycles. The molecule has 0 aromatic carbocycles. The first-order valence-corrected chi connectivity index (χ1v) is 7.20. The van der Waals surface area contributed by atoms with Gasteiger partial charge in [0.05, 0.1) is 0 Å². The Morgan fingerprint density at radius 1 is 1.38 bits per heavy atom. The largest absolute Gasteiger partial charge is 0.352 e. The summed E-state index contributed by atoms with van der Waals surface area (Å²) in [6.07, 6.45) is 12.3. The van der Waals surface area contributed by atoms with Gasteiger partial charge in [-0.2, -0.15) is 5.10 Å². The molecule has 0 saturated carbocycles. The van der Waals surface area contributed by atoms with Crippen molar-refractivity contribution in [3.8, 4) is 5.82 Å². The van der Waals surface area contributed by atoms with E-state index in [1.165, 1.54) is 0 Å². The monoisotopic (exact) mass is 282 g/mol. The molecule has 21 heavy (non-hydrogen) atoms. The number of carbonyl (C=O) groups excluding carboxylic acids is 1. The number of pyridine rings is 1. The molecule has 2 aromatic rings. The topological polar surface area (TPSA) is 59.8 Å². The molecule has 0 radical (unpaired) electrons. The quantitative estimate of drug-likeness (QED) is 0.875. The standard InChI is InChI=1S/C16H18N4O/c21-16(14-5-2-1-3-6-14)18-12-13-7-9-17-15(11-13)20-10-4-8-19-20/h1-2,4,7-11,14H,3,5-6,12H2,(H,18,21)/t14-/m1/s1. The van der Waals surface area contributed by atoms with Gasteiger partial charge in [0.15, 0.2) is 5.82 Å². The Hall–Kier alpha value is -2.43. The van der Waals surface area contributed by atoms with Gasteiger partial charge in [0.2, 0.25) is 5.91 Å². The van der Waals surface area contributed by atoms with E-state index in [0.717, 1.165) is 30.6 Å². The first kappa shape index (κ1) is 13.5. The molecule has 5 nitrogen and oxygen atoms in total. The van der Waals surface area contributed by atoms with Crippen molar-refractivity contribution >= 4 is 5.91 Å². The lowest BCUT2D eigenvalue weighted by Gasteiger charge is -2.17. The van der Waals surface area contributed by atoms with Crippen LogP contribution in [0.15, 0.2) is 48.9 Å². The normalized spacial score (nSPS) is 17.6. The number of amides is 1. The first-order valence-electron chi connectivity index (χ1n) is 7.20. The van der Waals surface area contributed by atoms with Crippen molar-refractivity contribution in [3.05, 3.63) is 54.5 Å². The summed E-state index contributed by atoms with van der Waals surface area (Å²) in [6.45, 7) is 0.524. The summed E-state index contributed by atoms with van der Waals surface area (Å²) < 4.78 is 1.71. The molecule has 0 unspecified atom stereocenters. The van der Waals surface area contributed by atoms with Crippen LogP contribution in [-0.4, -0.2) is 20.7 Å². The number of carbonyl (C=O) groups is 1. The van der Waals surface area contributed by atoms with Gasteiger partial charge in [0.1, 0.15) is 0 Å². The third kappa shape index (κ3) is 3.37. The highest BCUT2D eigenvalue weighted by Crippen LogP contribution is 2.18. The third-order valence-electron chi connectivity index (χ3n) is 3.66. The maximum Gasteiger partial charge on any atom is 0.223 e. The molecule has 1 atom stereocenters. The van der Waals surface area contributed by atoms with E-state index in [1.54, 1.807) is 17.1 Å². The van der Waals surface area contributed by atoms with Crippen LogP contribution >= 0.6 is 0 Å². The zero-order chi connectivity index (χ0) is 14.5. The summed E-state index contributed by atoms with van der Waals surface area (Å²) in [4.78, 5) is 16.4. The van der Waals surface area contributed by atoms with Gasteiger partial charge in [-0.05, 0) is 43.0 Å². The summed E-state index contributed by atoms with van der Waals surface area (Å²) in [5.41, 5.74) is 1.02. The summed E-state index contributed by atoms with van der Waals surface area (Å²) in [5.74, 6) is 1.01. The minimum atomic E-state index is 0.113. The van der Waals surface area contributed by atoms with Crippen molar-refractivity contribution in [2.24, 2.45) is 5.92 Å². The van der Waals surface area contributed by atoms with Crippen LogP contribution in [0.2, 0.25) is 0 Å². The molecule has 1 N–H and O–H groups in total. The Kier molecular flexibility index (Phi) is 4.09. The molecule has 0 spiro atoms. The minimum Gasteiger partial charge on any atom is -0.352 e. The van der Waals surface area contributed by atoms with Gasteiger partial charge in [0, 0.05) is 31.1 Å². The number of hydrogen-bond acceptors (Lipinski definition) is 3. The molecular formula is C16H18N4O. The molecule has 5 heteroatoms. The highest BCUT2D eigenvalue weighted by atomic mass is 16.1. The van der Waals surface area contributed by atoms with Crippen LogP contribution in [0.4, 0.5) is 0 Å². The Morgan fingerprint density at radius 3 is 3.10 bits per heavy atom. The number of nitrogens with one attached hydrogen (secondary N) is 1. The van der Waals surface area contributed by atoms with Crippen LogP contribution in [0.1, 0.15) is 24.8 Å². The smallest absolute Gasteiger partial charge is 0.223 e. The number of hydrogen-bond donors (Lipinski definition) is 1. The van der Waals surface area contributed by atoms with Crippen LogP contribution < -0.4 is 5.32 Å². The summed E-state index contributed by atoms with van der Waals surface area (Å²) in [7, 11) is 0. The molecule has 0 aliphatic heterocycles. The highest BCUT2D eigenvalue weighted by molar-refractivity contribution is 5.78. The van der Waals surface area contributed by atoms with Gasteiger partial charge in [-0.15, -0.1) is 0 Å². The van der Waals surface area contributed by atoms with E-state index >= 15 is 0 Å². The predicted molar refractivity (Wildman–Crippen MR) is 79.7 cm³/mol. The average molecular weight is 282 g/mol. The summed E-state index contributed by atoms with van der Waals surface area (Å²) in [6, 6.07) is 5.70. The van der Waals surface area contributed by atoms with E-state index in [4.69, 9.17) is 0 Å². The second-order valence-electron chi connectivity index (χ2n) is 5.17. The third-order valence-corrected chi connectivity index (χ3v) is 3.66. The van der Waals surface area contributed by atoms with E-state index < -0.39 is 0 Å². The Labute approximate surface area is 123 Å². The molecule has 2 heterocycles. The van der Waals surface area contributed by atoms with E-state index in [1.807, 2.05) is 24.4 Å². The van der Waals surface area contributed by atoms with E-state index in [9.17, 15) is 4.79 Å². The van der Waals surface area contributed by atoms with Crippen molar-refractivity contribution in [2.75, 3.05) is 0 Å². The average Bonchev–Trinajstić information content (AvgIpc) is 3.08. The highest BCUT2D eigenvalue weighted by Gasteiger charge is 2.18. The van der Waals surface area contributed by atoms with Crippen LogP contribution in [0.5, 0.6) is 0 Å². The van der Waals surface area contributed by atoms with Crippen molar-refractivity contribution < 1.29 is 4.79 Å². The van der Waals surface area contributed by atoms with Crippen LogP contribution in [0.25, 0.3) is 5.82 Å². The van der Waals surface area contributed by atoms with Crippen molar-refractivity contribution in [1.29, 1.82) is 0 Å². The minimum absolute atomic E-state index is 0.113. The second-order valence-corrected chi connectivity index (χ2v) is 5.17. The summed E-state index contributed by atoms with van der Waals surface area (Å²) in [5, 5.41) is 7.17. The van der Waals surface area contributed by atoms with Crippen molar-refractivity contribution in [3.63, 3.8) is 0 Å². The number of allylic oxidation sites excluding steroid dienone is 2. The lowest BCUT2D eigenvalue weighted by molar-refractivity contribution is -0.125. The van der Waals surface area contributed by atoms with Gasteiger partial charge < -0.3 is 5.32 Å². The lowest BCUT2D eigenvalue weighted by Crippen LogP contribution is -2.30. The lowest BCUT2D eigenvalue weighted by atomic mass is 9.93. The van der Waals surface area contributed by atoms with Gasteiger partial charge in [0.25, 0.3) is 0 Å². The zero-order valence-electron chi connectivity index (χ0n) is 11.8. The summed E-state index contributed by atoms with van der Waals surface area (Å²) >= 11 is 0. The number of aromatic nitrogens is 3. The van der Waals surface area contributed by atoms with E-state index in [2.05, 4.69) is 27.6 Å². The van der Waals surface area contributed by atoms with Crippen molar-refractivity contribution in [2.45, 2.75) is 25.8 Å². The van der Waals surface area contributed by atoms with Crippen LogP contribution in [-0.2, 0) is 11.3 Å². The van der Waals surface area contributed by atoms with E-state index in [0.29, 0.717) is 6.54 Å². The SMILES string of the molecule is O=C(NCc1ccnc(-n2cccn2)c1)[C@@H]1CC=CCC1. The fourth-order valence-corrected chi connectivity index (χ4v) is 2.47. The fourth-order valence-electron chi connectivity index (χ4n) is 2.47. The fraction of sp³-hybridized carbons (Fsp3) is 0.312. The zero-order valence-corrected chi connectivity index (χ0v) is 11.8. The Bertz CT molecular complexity index is 633. The maximum atomic E-state index is 12.1. The van der Waals surface area contributed by atoms with E-state index in [-0.39, 0.29) is 11.8 Å². The molecule has 1 amide bonds. The molecule has 2 aromatic heterocycles. The Morgan fingerprint density at radius 2 is 2.33 bits per heavy atom. The second kappa shape index (κ2) is 6.35. The molecule has 0 bridgehead atoms. The number of rotatable bonds is 4. The maximum absolute atomic E-state index is 12.1. The predicted octanol–water partition coefficient (Wildman–Crippen LogP) is 2.24. The first-order chi connectivity index (χ1) is 10.3. The van der Waals surface area contributed by atoms with Crippen LogP contribution in [0.3, 0.4) is 0 Å². The molecular weight excluding hydrogens is 264 g/mol. The van der Waals surface area contributed by atoms with Crippen LogP contribution in [0, 0.1) is 5.92 Å². The van der Waals surface area contributed by atoms with Gasteiger partial charge in [-0.25, -0.2) is 9.67 Å². The molecule has 3 rings (SSSR count). The molecule has 0 fully saturated rings. The van der Waals surface area contributed by atoms with Gasteiger partial charge in [-0.1, -0.05) is 12.2 Å². The van der Waals surface area contributed by atoms with Crippen molar-refractivity contribution in [1.82, 2.24) is 20.1 Å². The molecule has 1 aliphatic carbocycles. The van der Waals surface area contributed by atoms with Gasteiger partial charge in [-0.3, -0.25) is 4.79 Å².